The van der Waals surface area contributed by atoms with Crippen LogP contribution in [0, 0.1) is 22.5 Å². The topological polar surface area (TPSA) is 55.2 Å². The molecule has 0 aliphatic carbocycles. The first-order valence-electron chi connectivity index (χ1n) is 3.82. The Kier molecular flexibility index (Phi) is 3.98. The summed E-state index contributed by atoms with van der Waals surface area (Å²) in [4.78, 5) is 10.7. The zero-order valence-electron chi connectivity index (χ0n) is 7.27. The smallest absolute Gasteiger partial charge is 0.258 e. The van der Waals surface area contributed by atoms with Crippen LogP contribution in [0.1, 0.15) is 0 Å². The first-order valence-corrected chi connectivity index (χ1v) is 4.64. The molecule has 0 unspecified atom stereocenters. The van der Waals surface area contributed by atoms with Gasteiger partial charge in [-0.1, -0.05) is 18.1 Å². The van der Waals surface area contributed by atoms with Crippen molar-refractivity contribution in [2.45, 2.75) is 4.90 Å². The Balaban J connectivity index is 2.75. The fourth-order valence-electron chi connectivity index (χ4n) is 0.850. The summed E-state index contributed by atoms with van der Waals surface area (Å²) >= 11 is 1.17. The second-order valence-electron chi connectivity index (χ2n) is 2.35. The molecule has 0 radical (unpaired) electrons. The number of rotatable bonds is 4. The van der Waals surface area contributed by atoms with E-state index in [9.17, 15) is 10.1 Å². The van der Waals surface area contributed by atoms with Crippen molar-refractivity contribution in [1.82, 2.24) is 4.72 Å². The lowest BCUT2D eigenvalue weighted by molar-refractivity contribution is -0.387. The zero-order chi connectivity index (χ0) is 10.4. The van der Waals surface area contributed by atoms with Crippen molar-refractivity contribution in [2.75, 3.05) is 6.54 Å². The minimum absolute atomic E-state index is 0.0852. The number of hydrogen-bond acceptors (Lipinski definition) is 4. The molecule has 0 amide bonds. The SMILES string of the molecule is C#CCNSc1ccccc1[N+](=O)[O-]. The summed E-state index contributed by atoms with van der Waals surface area (Å²) in [5, 5.41) is 10.6. The van der Waals surface area contributed by atoms with Crippen LogP contribution in [0.4, 0.5) is 5.69 Å². The summed E-state index contributed by atoms with van der Waals surface area (Å²) in [6.45, 7) is 0.372. The minimum atomic E-state index is -0.417. The Bertz CT molecular complexity index is 373. The van der Waals surface area contributed by atoms with E-state index in [-0.39, 0.29) is 5.69 Å². The van der Waals surface area contributed by atoms with E-state index in [4.69, 9.17) is 6.42 Å². The van der Waals surface area contributed by atoms with Gasteiger partial charge < -0.3 is 0 Å². The Morgan fingerprint density at radius 3 is 2.93 bits per heavy atom. The lowest BCUT2D eigenvalue weighted by Gasteiger charge is -2.00. The van der Waals surface area contributed by atoms with Gasteiger partial charge in [0.05, 0.1) is 11.5 Å². The van der Waals surface area contributed by atoms with Gasteiger partial charge in [-0.25, -0.2) is 4.72 Å². The predicted octanol–water partition coefficient (Wildman–Crippen LogP) is 1.82. The van der Waals surface area contributed by atoms with Gasteiger partial charge in [0, 0.05) is 6.07 Å². The Labute approximate surface area is 86.0 Å². The number of nitro benzene ring substituents is 1. The van der Waals surface area contributed by atoms with E-state index in [2.05, 4.69) is 10.6 Å². The highest BCUT2D eigenvalue weighted by Gasteiger charge is 2.11. The molecule has 1 rings (SSSR count). The number of nitrogens with one attached hydrogen (secondary N) is 1. The Morgan fingerprint density at radius 2 is 2.29 bits per heavy atom. The van der Waals surface area contributed by atoms with Gasteiger partial charge in [-0.05, 0) is 18.0 Å². The van der Waals surface area contributed by atoms with Crippen LogP contribution in [0.3, 0.4) is 0 Å². The monoisotopic (exact) mass is 208 g/mol. The third-order valence-corrected chi connectivity index (χ3v) is 2.27. The summed E-state index contributed by atoms with van der Waals surface area (Å²) in [5.41, 5.74) is 0.0852. The second kappa shape index (κ2) is 5.27. The standard InChI is InChI=1S/C9H8N2O2S/c1-2-7-10-14-9-6-4-3-5-8(9)11(12)13/h1,3-6,10H,7H2. The molecule has 0 aliphatic rings. The van der Waals surface area contributed by atoms with Gasteiger partial charge in [-0.3, -0.25) is 10.1 Å². The van der Waals surface area contributed by atoms with E-state index < -0.39 is 4.92 Å². The van der Waals surface area contributed by atoms with E-state index in [0.717, 1.165) is 0 Å². The first kappa shape index (κ1) is 10.6. The van der Waals surface area contributed by atoms with Gasteiger partial charge in [-0.2, -0.15) is 0 Å². The van der Waals surface area contributed by atoms with Crippen LogP contribution in [0.25, 0.3) is 0 Å². The molecule has 5 heteroatoms. The second-order valence-corrected chi connectivity index (χ2v) is 3.28. The van der Waals surface area contributed by atoms with Crippen LogP contribution in [-0.4, -0.2) is 11.5 Å². The van der Waals surface area contributed by atoms with Crippen molar-refractivity contribution in [3.63, 3.8) is 0 Å². The molecule has 72 valence electrons. The minimum Gasteiger partial charge on any atom is -0.258 e. The normalized spacial score (nSPS) is 9.36. The summed E-state index contributed by atoms with van der Waals surface area (Å²) < 4.78 is 2.82. The largest absolute Gasteiger partial charge is 0.284 e. The molecule has 0 heterocycles. The first-order chi connectivity index (χ1) is 6.75. The molecule has 0 aromatic heterocycles. The van der Waals surface area contributed by atoms with Crippen molar-refractivity contribution in [3.05, 3.63) is 34.4 Å². The van der Waals surface area contributed by atoms with Crippen molar-refractivity contribution < 1.29 is 4.92 Å². The number of para-hydroxylation sites is 1. The number of nitrogens with zero attached hydrogens (tertiary/aromatic N) is 1. The molecule has 1 N–H and O–H groups in total. The van der Waals surface area contributed by atoms with Crippen molar-refractivity contribution in [1.29, 1.82) is 0 Å². The molecule has 14 heavy (non-hydrogen) atoms. The third kappa shape index (κ3) is 2.76. The van der Waals surface area contributed by atoms with Crippen molar-refractivity contribution >= 4 is 17.6 Å². The molecule has 4 nitrogen and oxygen atoms in total. The third-order valence-electron chi connectivity index (χ3n) is 1.42. The summed E-state index contributed by atoms with van der Waals surface area (Å²) in [7, 11) is 0. The highest BCUT2D eigenvalue weighted by molar-refractivity contribution is 7.97. The van der Waals surface area contributed by atoms with Crippen LogP contribution in [0.15, 0.2) is 29.2 Å². The predicted molar refractivity (Wildman–Crippen MR) is 55.8 cm³/mol. The summed E-state index contributed by atoms with van der Waals surface area (Å²) in [5.74, 6) is 2.38. The maximum absolute atomic E-state index is 10.6. The Morgan fingerprint density at radius 1 is 1.57 bits per heavy atom. The van der Waals surface area contributed by atoms with Gasteiger partial charge in [0.2, 0.25) is 0 Å². The molecule has 1 aromatic carbocycles. The fourth-order valence-corrected chi connectivity index (χ4v) is 1.55. The van der Waals surface area contributed by atoms with E-state index >= 15 is 0 Å². The molecule has 0 fully saturated rings. The van der Waals surface area contributed by atoms with Crippen molar-refractivity contribution in [2.24, 2.45) is 0 Å². The van der Waals surface area contributed by atoms with E-state index in [1.165, 1.54) is 18.0 Å². The zero-order valence-corrected chi connectivity index (χ0v) is 8.08. The maximum Gasteiger partial charge on any atom is 0.284 e. The van der Waals surface area contributed by atoms with Gasteiger partial charge in [-0.15, -0.1) is 6.42 Å². The van der Waals surface area contributed by atoms with E-state index in [1.807, 2.05) is 0 Å². The number of nitro groups is 1. The van der Waals surface area contributed by atoms with Gasteiger partial charge in [0.25, 0.3) is 5.69 Å². The highest BCUT2D eigenvalue weighted by atomic mass is 32.2. The van der Waals surface area contributed by atoms with Crippen LogP contribution < -0.4 is 4.72 Å². The summed E-state index contributed by atoms with van der Waals surface area (Å²) in [6.07, 6.45) is 5.03. The highest BCUT2D eigenvalue weighted by Crippen LogP contribution is 2.25. The molecule has 0 saturated heterocycles. The molecule has 1 aromatic rings. The molecular formula is C9H8N2O2S. The number of terminal acetylenes is 1. The lowest BCUT2D eigenvalue weighted by atomic mass is 10.3. The Hall–Kier alpha value is -1.51. The molecule has 0 saturated carbocycles. The molecular weight excluding hydrogens is 200 g/mol. The average Bonchev–Trinajstić information content (AvgIpc) is 2.19. The van der Waals surface area contributed by atoms with Gasteiger partial charge in [0.1, 0.15) is 4.90 Å². The lowest BCUT2D eigenvalue weighted by Crippen LogP contribution is -2.03. The van der Waals surface area contributed by atoms with E-state index in [0.29, 0.717) is 11.4 Å². The molecule has 0 bridgehead atoms. The van der Waals surface area contributed by atoms with Crippen LogP contribution in [-0.2, 0) is 0 Å². The number of hydrogen-bond donors (Lipinski definition) is 1. The molecule has 0 spiro atoms. The van der Waals surface area contributed by atoms with Gasteiger partial charge in [0.15, 0.2) is 0 Å². The maximum atomic E-state index is 10.6. The molecule has 0 atom stereocenters. The fraction of sp³-hybridized carbons (Fsp3) is 0.111. The van der Waals surface area contributed by atoms with Gasteiger partial charge >= 0.3 is 0 Å². The van der Waals surface area contributed by atoms with E-state index in [1.54, 1.807) is 18.2 Å². The molecule has 0 aliphatic heterocycles. The van der Waals surface area contributed by atoms with Crippen LogP contribution in [0.2, 0.25) is 0 Å². The van der Waals surface area contributed by atoms with Crippen LogP contribution >= 0.6 is 11.9 Å². The van der Waals surface area contributed by atoms with Crippen LogP contribution in [0.5, 0.6) is 0 Å². The van der Waals surface area contributed by atoms with Crippen molar-refractivity contribution in [3.8, 4) is 12.3 Å². The number of benzene rings is 1. The quantitative estimate of drug-likeness (QED) is 0.269. The average molecular weight is 208 g/mol. The summed E-state index contributed by atoms with van der Waals surface area (Å²) in [6, 6.07) is 6.50.